The molecule has 140 valence electrons. The lowest BCUT2D eigenvalue weighted by atomic mass is 9.94. The summed E-state index contributed by atoms with van der Waals surface area (Å²) in [7, 11) is 0. The molecule has 1 aromatic carbocycles. The van der Waals surface area contributed by atoms with Crippen LogP contribution in [0.15, 0.2) is 18.2 Å². The third-order valence-electron chi connectivity index (χ3n) is 4.28. The molecule has 1 amide bonds. The highest BCUT2D eigenvalue weighted by Crippen LogP contribution is 2.33. The molecule has 1 saturated heterocycles. The second kappa shape index (κ2) is 6.75. The molecular weight excluding hydrogens is 318 g/mol. The first-order chi connectivity index (χ1) is 11.4. The van der Waals surface area contributed by atoms with Gasteiger partial charge in [0.15, 0.2) is 0 Å². The van der Waals surface area contributed by atoms with E-state index < -0.39 is 11.2 Å². The minimum Gasteiger partial charge on any atom is -0.444 e. The number of nitrogens with zero attached hydrogens (tertiary/aromatic N) is 2. The van der Waals surface area contributed by atoms with Crippen LogP contribution in [0.1, 0.15) is 47.1 Å². The molecular formula is C19H31N3O3. The van der Waals surface area contributed by atoms with Gasteiger partial charge in [0.05, 0.1) is 5.60 Å². The number of aliphatic hydroxyl groups is 1. The smallest absolute Gasteiger partial charge is 0.410 e. The van der Waals surface area contributed by atoms with Gasteiger partial charge < -0.3 is 25.4 Å². The molecule has 0 aromatic heterocycles. The van der Waals surface area contributed by atoms with Gasteiger partial charge in [0, 0.05) is 42.6 Å². The standard InChI is InChI=1S/C19H31N3O3/c1-13-12-21(9-10-22(13)17(23)25-18(2,3)4)16-8-7-14(20)11-15(16)19(5,6)24/h7-8,11,13,24H,9-10,12,20H2,1-6H3. The van der Waals surface area contributed by atoms with Crippen molar-refractivity contribution in [1.82, 2.24) is 4.90 Å². The van der Waals surface area contributed by atoms with Gasteiger partial charge in [-0.3, -0.25) is 0 Å². The van der Waals surface area contributed by atoms with E-state index in [9.17, 15) is 9.90 Å². The number of hydrogen-bond acceptors (Lipinski definition) is 5. The molecule has 2 rings (SSSR count). The number of nitrogen functional groups attached to an aromatic ring is 1. The highest BCUT2D eigenvalue weighted by Gasteiger charge is 2.32. The summed E-state index contributed by atoms with van der Waals surface area (Å²) in [5.74, 6) is 0. The summed E-state index contributed by atoms with van der Waals surface area (Å²) in [6.45, 7) is 13.1. The summed E-state index contributed by atoms with van der Waals surface area (Å²) in [4.78, 5) is 16.3. The average molecular weight is 349 g/mol. The fraction of sp³-hybridized carbons (Fsp3) is 0.632. The third kappa shape index (κ3) is 4.78. The predicted octanol–water partition coefficient (Wildman–Crippen LogP) is 2.94. The summed E-state index contributed by atoms with van der Waals surface area (Å²) < 4.78 is 5.49. The lowest BCUT2D eigenvalue weighted by Gasteiger charge is -2.42. The molecule has 1 aromatic rings. The SMILES string of the molecule is CC1CN(c2ccc(N)cc2C(C)(C)O)CCN1C(=O)OC(C)(C)C. The van der Waals surface area contributed by atoms with Gasteiger partial charge in [0.1, 0.15) is 5.60 Å². The Balaban J connectivity index is 2.18. The first-order valence-electron chi connectivity index (χ1n) is 8.75. The molecule has 25 heavy (non-hydrogen) atoms. The fourth-order valence-corrected chi connectivity index (χ4v) is 3.09. The zero-order chi connectivity index (χ0) is 19.0. The Morgan fingerprint density at radius 1 is 1.24 bits per heavy atom. The summed E-state index contributed by atoms with van der Waals surface area (Å²) >= 11 is 0. The summed E-state index contributed by atoms with van der Waals surface area (Å²) in [6, 6.07) is 5.62. The van der Waals surface area contributed by atoms with Crippen LogP contribution in [0.3, 0.4) is 0 Å². The second-order valence-electron chi connectivity index (χ2n) is 8.30. The number of rotatable bonds is 2. The van der Waals surface area contributed by atoms with Crippen molar-refractivity contribution in [1.29, 1.82) is 0 Å². The number of nitrogens with two attached hydrogens (primary N) is 1. The van der Waals surface area contributed by atoms with E-state index in [2.05, 4.69) is 4.90 Å². The highest BCUT2D eigenvalue weighted by molar-refractivity contribution is 5.69. The van der Waals surface area contributed by atoms with Gasteiger partial charge in [-0.25, -0.2) is 4.79 Å². The maximum Gasteiger partial charge on any atom is 0.410 e. The molecule has 0 bridgehead atoms. The lowest BCUT2D eigenvalue weighted by molar-refractivity contribution is 0.0157. The van der Waals surface area contributed by atoms with E-state index in [-0.39, 0.29) is 12.1 Å². The van der Waals surface area contributed by atoms with Crippen LogP contribution in [-0.2, 0) is 10.3 Å². The van der Waals surface area contributed by atoms with Crippen LogP contribution in [-0.4, -0.2) is 47.4 Å². The molecule has 1 aliphatic rings. The largest absolute Gasteiger partial charge is 0.444 e. The highest BCUT2D eigenvalue weighted by atomic mass is 16.6. The van der Waals surface area contributed by atoms with Crippen LogP contribution in [0.25, 0.3) is 0 Å². The van der Waals surface area contributed by atoms with E-state index in [4.69, 9.17) is 10.5 Å². The number of carbonyl (C=O) groups is 1. The van der Waals surface area contributed by atoms with Gasteiger partial charge in [-0.1, -0.05) is 0 Å². The first-order valence-corrected chi connectivity index (χ1v) is 8.75. The normalized spacial score (nSPS) is 19.1. The Morgan fingerprint density at radius 2 is 1.88 bits per heavy atom. The Hall–Kier alpha value is -1.95. The number of carbonyl (C=O) groups excluding carboxylic acids is 1. The van der Waals surface area contributed by atoms with Crippen molar-refractivity contribution in [2.45, 2.75) is 58.8 Å². The quantitative estimate of drug-likeness (QED) is 0.803. The molecule has 0 saturated carbocycles. The summed E-state index contributed by atoms with van der Waals surface area (Å²) in [5, 5.41) is 10.5. The van der Waals surface area contributed by atoms with E-state index >= 15 is 0 Å². The van der Waals surface area contributed by atoms with Gasteiger partial charge >= 0.3 is 6.09 Å². The Kier molecular flexibility index (Phi) is 5.23. The Labute approximate surface area is 150 Å². The molecule has 1 unspecified atom stereocenters. The predicted molar refractivity (Wildman–Crippen MR) is 101 cm³/mol. The van der Waals surface area contributed by atoms with Crippen molar-refractivity contribution in [3.8, 4) is 0 Å². The zero-order valence-electron chi connectivity index (χ0n) is 16.2. The third-order valence-corrected chi connectivity index (χ3v) is 4.28. The van der Waals surface area contributed by atoms with E-state index in [0.717, 1.165) is 11.3 Å². The summed E-state index contributed by atoms with van der Waals surface area (Å²) in [6.07, 6.45) is -0.278. The molecule has 0 aliphatic carbocycles. The number of benzene rings is 1. The van der Waals surface area contributed by atoms with Crippen molar-refractivity contribution >= 4 is 17.5 Å². The number of amides is 1. The minimum atomic E-state index is -0.990. The van der Waals surface area contributed by atoms with Crippen molar-refractivity contribution in [3.05, 3.63) is 23.8 Å². The first kappa shape index (κ1) is 19.4. The Bertz CT molecular complexity index is 632. The van der Waals surface area contributed by atoms with Crippen LogP contribution in [0.2, 0.25) is 0 Å². The fourth-order valence-electron chi connectivity index (χ4n) is 3.09. The van der Waals surface area contributed by atoms with E-state index in [0.29, 0.717) is 25.3 Å². The monoisotopic (exact) mass is 349 g/mol. The van der Waals surface area contributed by atoms with Crippen LogP contribution in [0, 0.1) is 0 Å². The van der Waals surface area contributed by atoms with Crippen molar-refractivity contribution in [3.63, 3.8) is 0 Å². The maximum absolute atomic E-state index is 12.4. The molecule has 1 atom stereocenters. The number of anilines is 2. The molecule has 1 fully saturated rings. The molecule has 1 heterocycles. The van der Waals surface area contributed by atoms with Crippen molar-refractivity contribution < 1.29 is 14.6 Å². The lowest BCUT2D eigenvalue weighted by Crippen LogP contribution is -2.55. The van der Waals surface area contributed by atoms with Crippen LogP contribution < -0.4 is 10.6 Å². The second-order valence-corrected chi connectivity index (χ2v) is 8.30. The topological polar surface area (TPSA) is 79.0 Å². The molecule has 0 radical (unpaired) electrons. The molecule has 1 aliphatic heterocycles. The van der Waals surface area contributed by atoms with Crippen molar-refractivity contribution in [2.75, 3.05) is 30.3 Å². The van der Waals surface area contributed by atoms with Crippen molar-refractivity contribution in [2.24, 2.45) is 0 Å². The van der Waals surface area contributed by atoms with E-state index in [1.807, 2.05) is 45.9 Å². The van der Waals surface area contributed by atoms with Gasteiger partial charge in [0.2, 0.25) is 0 Å². The van der Waals surface area contributed by atoms with Crippen LogP contribution in [0.5, 0.6) is 0 Å². The minimum absolute atomic E-state index is 0.0100. The summed E-state index contributed by atoms with van der Waals surface area (Å²) in [5.41, 5.74) is 6.79. The molecule has 6 nitrogen and oxygen atoms in total. The van der Waals surface area contributed by atoms with Gasteiger partial charge in [-0.2, -0.15) is 0 Å². The number of piperazine rings is 1. The molecule has 3 N–H and O–H groups in total. The molecule has 6 heteroatoms. The van der Waals surface area contributed by atoms with E-state index in [1.165, 1.54) is 0 Å². The van der Waals surface area contributed by atoms with Crippen LogP contribution in [0.4, 0.5) is 16.2 Å². The number of hydrogen-bond donors (Lipinski definition) is 2. The maximum atomic E-state index is 12.4. The Morgan fingerprint density at radius 3 is 2.40 bits per heavy atom. The van der Waals surface area contributed by atoms with Crippen LogP contribution >= 0.6 is 0 Å². The van der Waals surface area contributed by atoms with Gasteiger partial charge in [0.25, 0.3) is 0 Å². The van der Waals surface area contributed by atoms with Gasteiger partial charge in [-0.05, 0) is 59.7 Å². The molecule has 0 spiro atoms. The van der Waals surface area contributed by atoms with E-state index in [1.54, 1.807) is 18.7 Å². The zero-order valence-corrected chi connectivity index (χ0v) is 16.2. The number of ether oxygens (including phenoxy) is 1. The van der Waals surface area contributed by atoms with Gasteiger partial charge in [-0.15, -0.1) is 0 Å². The average Bonchev–Trinajstić information content (AvgIpc) is 2.44.